The third-order valence-corrected chi connectivity index (χ3v) is 3.02. The zero-order valence-electron chi connectivity index (χ0n) is 8.32. The molecule has 0 aliphatic carbocycles. The minimum Gasteiger partial charge on any atom is -0.273 e. The van der Waals surface area contributed by atoms with Gasteiger partial charge in [-0.3, -0.25) is 9.59 Å². The molecule has 0 unspecified atom stereocenters. The van der Waals surface area contributed by atoms with Crippen LogP contribution in [0.2, 0.25) is 0 Å². The van der Waals surface area contributed by atoms with Crippen molar-refractivity contribution >= 4 is 28.6 Å². The van der Waals surface area contributed by atoms with Crippen LogP contribution in [0, 0.1) is 0 Å². The predicted octanol–water partition coefficient (Wildman–Crippen LogP) is 2.91. The number of rotatable bonds is 1. The summed E-state index contributed by atoms with van der Waals surface area (Å²) in [6.45, 7) is 0. The van der Waals surface area contributed by atoms with Gasteiger partial charge in [0, 0.05) is 0 Å². The van der Waals surface area contributed by atoms with Crippen LogP contribution in [-0.2, 0) is 11.0 Å². The van der Waals surface area contributed by atoms with Crippen molar-refractivity contribution in [2.75, 3.05) is 10.7 Å². The fourth-order valence-electron chi connectivity index (χ4n) is 1.50. The molecule has 2 amide bonds. The summed E-state index contributed by atoms with van der Waals surface area (Å²) in [6, 6.07) is 4.53. The Morgan fingerprint density at radius 1 is 1.18 bits per heavy atom. The van der Waals surface area contributed by atoms with Gasteiger partial charge in [0.1, 0.15) is 0 Å². The lowest BCUT2D eigenvalue weighted by Gasteiger charge is -2.18. The summed E-state index contributed by atoms with van der Waals surface area (Å²) in [5.41, 5.74) is -1.38. The van der Waals surface area contributed by atoms with Gasteiger partial charge in [0.05, 0.1) is 17.0 Å². The summed E-state index contributed by atoms with van der Waals surface area (Å²) < 4.78 is 38.1. The average Bonchev–Trinajstić information content (AvgIpc) is 2.57. The van der Waals surface area contributed by atoms with E-state index in [0.717, 1.165) is 12.1 Å². The topological polar surface area (TPSA) is 37.4 Å². The van der Waals surface area contributed by atoms with E-state index in [0.29, 0.717) is 16.7 Å². The van der Waals surface area contributed by atoms with E-state index in [-0.39, 0.29) is 5.75 Å². The molecule has 0 bridgehead atoms. The first-order valence-electron chi connectivity index (χ1n) is 4.57. The monoisotopic (exact) mass is 261 g/mol. The number of hydrogen-bond donors (Lipinski definition) is 0. The number of imide groups is 1. The largest absolute Gasteiger partial charge is 0.418 e. The number of halogens is 3. The molecule has 1 heterocycles. The van der Waals surface area contributed by atoms with Gasteiger partial charge in [0.15, 0.2) is 0 Å². The fraction of sp³-hybridized carbons (Fsp3) is 0.200. The number of anilines is 1. The third kappa shape index (κ3) is 2.14. The Hall–Kier alpha value is -1.50. The van der Waals surface area contributed by atoms with Gasteiger partial charge in [-0.25, -0.2) is 4.90 Å². The zero-order chi connectivity index (χ0) is 12.6. The van der Waals surface area contributed by atoms with E-state index in [2.05, 4.69) is 0 Å². The number of carbonyl (C=O) groups excluding carboxylic acids is 2. The first kappa shape index (κ1) is 12.0. The highest BCUT2D eigenvalue weighted by molar-refractivity contribution is 8.15. The lowest BCUT2D eigenvalue weighted by atomic mass is 10.1. The minimum absolute atomic E-state index is 0.120. The van der Waals surface area contributed by atoms with Crippen molar-refractivity contribution in [1.29, 1.82) is 0 Å². The number of benzene rings is 1. The van der Waals surface area contributed by atoms with Crippen molar-refractivity contribution in [3.8, 4) is 0 Å². The molecule has 1 aromatic carbocycles. The summed E-state index contributed by atoms with van der Waals surface area (Å²) in [5.74, 6) is -0.748. The summed E-state index contributed by atoms with van der Waals surface area (Å²) in [6.07, 6.45) is -4.59. The van der Waals surface area contributed by atoms with Crippen molar-refractivity contribution < 1.29 is 22.8 Å². The molecule has 0 saturated carbocycles. The maximum Gasteiger partial charge on any atom is 0.418 e. The molecule has 0 N–H and O–H groups in total. The van der Waals surface area contributed by atoms with E-state index in [1.807, 2.05) is 0 Å². The fourth-order valence-corrected chi connectivity index (χ4v) is 2.20. The SMILES string of the molecule is O=C1CSC(=O)N1c1ccccc1C(F)(F)F. The quantitative estimate of drug-likeness (QED) is 0.780. The van der Waals surface area contributed by atoms with Crippen LogP contribution in [0.5, 0.6) is 0 Å². The number of para-hydroxylation sites is 1. The molecular formula is C10H6F3NO2S. The lowest BCUT2D eigenvalue weighted by Crippen LogP contribution is -2.30. The Morgan fingerprint density at radius 2 is 1.82 bits per heavy atom. The Labute approximate surface area is 98.6 Å². The Morgan fingerprint density at radius 3 is 2.35 bits per heavy atom. The maximum absolute atomic E-state index is 12.7. The molecule has 3 nitrogen and oxygen atoms in total. The van der Waals surface area contributed by atoms with E-state index in [1.54, 1.807) is 0 Å². The van der Waals surface area contributed by atoms with Crippen molar-refractivity contribution in [2.45, 2.75) is 6.18 Å². The molecule has 0 spiro atoms. The second-order valence-electron chi connectivity index (χ2n) is 3.30. The van der Waals surface area contributed by atoms with Gasteiger partial charge in [-0.1, -0.05) is 23.9 Å². The van der Waals surface area contributed by atoms with E-state index in [9.17, 15) is 22.8 Å². The number of nitrogens with zero attached hydrogens (tertiary/aromatic N) is 1. The highest BCUT2D eigenvalue weighted by Gasteiger charge is 2.39. The van der Waals surface area contributed by atoms with Crippen LogP contribution < -0.4 is 4.90 Å². The predicted molar refractivity (Wildman–Crippen MR) is 56.8 cm³/mol. The third-order valence-electron chi connectivity index (χ3n) is 2.20. The standard InChI is InChI=1S/C10H6F3NO2S/c11-10(12,13)6-3-1-2-4-7(6)14-8(15)5-17-9(14)16/h1-4H,5H2. The van der Waals surface area contributed by atoms with Crippen LogP contribution in [-0.4, -0.2) is 16.9 Å². The van der Waals surface area contributed by atoms with Crippen LogP contribution in [0.3, 0.4) is 0 Å². The molecule has 0 atom stereocenters. The number of amides is 2. The van der Waals surface area contributed by atoms with Crippen LogP contribution in [0.15, 0.2) is 24.3 Å². The summed E-state index contributed by atoms with van der Waals surface area (Å²) >= 11 is 0.698. The first-order chi connectivity index (χ1) is 7.91. The molecular weight excluding hydrogens is 255 g/mol. The van der Waals surface area contributed by atoms with Gasteiger partial charge in [0.2, 0.25) is 5.91 Å². The summed E-state index contributed by atoms with van der Waals surface area (Å²) in [5, 5.41) is -0.674. The van der Waals surface area contributed by atoms with E-state index in [4.69, 9.17) is 0 Å². The van der Waals surface area contributed by atoms with Gasteiger partial charge in [-0.05, 0) is 12.1 Å². The number of thioether (sulfide) groups is 1. The van der Waals surface area contributed by atoms with E-state index < -0.39 is 28.6 Å². The molecule has 1 fully saturated rings. The van der Waals surface area contributed by atoms with Crippen LogP contribution >= 0.6 is 11.8 Å². The number of carbonyl (C=O) groups is 2. The molecule has 90 valence electrons. The van der Waals surface area contributed by atoms with Crippen molar-refractivity contribution in [1.82, 2.24) is 0 Å². The lowest BCUT2D eigenvalue weighted by molar-refractivity contribution is -0.137. The Balaban J connectivity index is 2.52. The number of alkyl halides is 3. The smallest absolute Gasteiger partial charge is 0.273 e. The molecule has 17 heavy (non-hydrogen) atoms. The highest BCUT2D eigenvalue weighted by atomic mass is 32.2. The van der Waals surface area contributed by atoms with E-state index >= 15 is 0 Å². The van der Waals surface area contributed by atoms with Gasteiger partial charge in [0.25, 0.3) is 5.24 Å². The summed E-state index contributed by atoms with van der Waals surface area (Å²) in [7, 11) is 0. The van der Waals surface area contributed by atoms with Crippen LogP contribution in [0.4, 0.5) is 23.7 Å². The van der Waals surface area contributed by atoms with Gasteiger partial charge in [-0.15, -0.1) is 0 Å². The second-order valence-corrected chi connectivity index (χ2v) is 4.23. The summed E-state index contributed by atoms with van der Waals surface area (Å²) in [4.78, 5) is 23.3. The van der Waals surface area contributed by atoms with Gasteiger partial charge < -0.3 is 0 Å². The molecule has 0 radical (unpaired) electrons. The first-order valence-corrected chi connectivity index (χ1v) is 5.56. The molecule has 2 rings (SSSR count). The second kappa shape index (κ2) is 4.06. The molecule has 0 aromatic heterocycles. The molecule has 7 heteroatoms. The highest BCUT2D eigenvalue weighted by Crippen LogP contribution is 2.38. The zero-order valence-corrected chi connectivity index (χ0v) is 9.14. The van der Waals surface area contributed by atoms with Crippen molar-refractivity contribution in [2.24, 2.45) is 0 Å². The number of hydrogen-bond acceptors (Lipinski definition) is 3. The van der Waals surface area contributed by atoms with Gasteiger partial charge >= 0.3 is 6.18 Å². The molecule has 1 aromatic rings. The van der Waals surface area contributed by atoms with Crippen LogP contribution in [0.1, 0.15) is 5.56 Å². The molecule has 1 saturated heterocycles. The minimum atomic E-state index is -4.59. The van der Waals surface area contributed by atoms with Crippen molar-refractivity contribution in [3.05, 3.63) is 29.8 Å². The average molecular weight is 261 g/mol. The molecule has 1 aliphatic rings. The van der Waals surface area contributed by atoms with Crippen LogP contribution in [0.25, 0.3) is 0 Å². The van der Waals surface area contributed by atoms with Gasteiger partial charge in [-0.2, -0.15) is 13.2 Å². The Bertz CT molecular complexity index is 471. The Kier molecular flexibility index (Phi) is 2.86. The molecule has 1 aliphatic heterocycles. The van der Waals surface area contributed by atoms with Crippen molar-refractivity contribution in [3.63, 3.8) is 0 Å². The van der Waals surface area contributed by atoms with E-state index in [1.165, 1.54) is 12.1 Å². The maximum atomic E-state index is 12.7. The normalized spacial score (nSPS) is 16.8.